The average Bonchev–Trinajstić information content (AvgIpc) is 2.57. The van der Waals surface area contributed by atoms with E-state index in [4.69, 9.17) is 4.74 Å². The minimum atomic E-state index is 0.662. The maximum atomic E-state index is 5.25. The zero-order valence-corrected chi connectivity index (χ0v) is 14.1. The summed E-state index contributed by atoms with van der Waals surface area (Å²) in [4.78, 5) is 4.65. The van der Waals surface area contributed by atoms with Crippen LogP contribution >= 0.6 is 0 Å². The Hall–Kier alpha value is -2.49. The fraction of sp³-hybridized carbons (Fsp3) is 0.316. The number of nitrogens with zero attached hydrogens (tertiary/aromatic N) is 1. The van der Waals surface area contributed by atoms with Crippen LogP contribution in [0, 0.1) is 6.92 Å². The monoisotopic (exact) mass is 311 g/mol. The van der Waals surface area contributed by atoms with Gasteiger partial charge in [-0.15, -0.1) is 0 Å². The van der Waals surface area contributed by atoms with E-state index < -0.39 is 0 Å². The molecule has 0 bridgehead atoms. The molecule has 4 heteroatoms. The van der Waals surface area contributed by atoms with E-state index in [2.05, 4.69) is 59.8 Å². The molecule has 0 saturated carbocycles. The van der Waals surface area contributed by atoms with Crippen molar-refractivity contribution in [1.82, 2.24) is 10.6 Å². The van der Waals surface area contributed by atoms with Crippen molar-refractivity contribution in [1.29, 1.82) is 0 Å². The number of rotatable bonds is 6. The van der Waals surface area contributed by atoms with Crippen molar-refractivity contribution >= 4 is 5.96 Å². The first-order chi connectivity index (χ1) is 11.2. The molecule has 2 rings (SSSR count). The lowest BCUT2D eigenvalue weighted by molar-refractivity contribution is 0.414. The number of aryl methyl sites for hydroxylation is 1. The predicted molar refractivity (Wildman–Crippen MR) is 95.8 cm³/mol. The maximum Gasteiger partial charge on any atom is 0.191 e. The summed E-state index contributed by atoms with van der Waals surface area (Å²) >= 11 is 0. The van der Waals surface area contributed by atoms with Crippen LogP contribution < -0.4 is 15.4 Å². The van der Waals surface area contributed by atoms with Crippen LogP contribution in [0.25, 0.3) is 0 Å². The van der Waals surface area contributed by atoms with E-state index >= 15 is 0 Å². The van der Waals surface area contributed by atoms with E-state index in [1.807, 2.05) is 18.2 Å². The van der Waals surface area contributed by atoms with Crippen molar-refractivity contribution in [3.8, 4) is 5.75 Å². The first-order valence-electron chi connectivity index (χ1n) is 7.92. The molecule has 2 aromatic carbocycles. The van der Waals surface area contributed by atoms with Crippen molar-refractivity contribution in [2.24, 2.45) is 4.99 Å². The summed E-state index contributed by atoms with van der Waals surface area (Å²) in [5.74, 6) is 1.68. The molecule has 4 nitrogen and oxygen atoms in total. The van der Waals surface area contributed by atoms with Crippen molar-refractivity contribution < 1.29 is 4.74 Å². The molecule has 23 heavy (non-hydrogen) atoms. The molecule has 0 atom stereocenters. The molecule has 0 unspecified atom stereocenters. The van der Waals surface area contributed by atoms with Gasteiger partial charge in [-0.05, 0) is 37.1 Å². The van der Waals surface area contributed by atoms with Gasteiger partial charge in [0.05, 0.1) is 13.7 Å². The summed E-state index contributed by atoms with van der Waals surface area (Å²) in [6, 6.07) is 16.5. The van der Waals surface area contributed by atoms with E-state index in [-0.39, 0.29) is 0 Å². The van der Waals surface area contributed by atoms with Crippen molar-refractivity contribution in [3.63, 3.8) is 0 Å². The highest BCUT2D eigenvalue weighted by Gasteiger charge is 2.00. The Morgan fingerprint density at radius 2 is 1.83 bits per heavy atom. The SMILES string of the molecule is CCNC(=NCc1cccc(C)c1)NCc1cccc(OC)c1. The molecule has 0 fully saturated rings. The zero-order valence-electron chi connectivity index (χ0n) is 14.1. The van der Waals surface area contributed by atoms with Crippen molar-refractivity contribution in [3.05, 3.63) is 65.2 Å². The number of ether oxygens (including phenoxy) is 1. The van der Waals surface area contributed by atoms with Gasteiger partial charge in [0.25, 0.3) is 0 Å². The van der Waals surface area contributed by atoms with Gasteiger partial charge in [-0.1, -0.05) is 42.0 Å². The van der Waals surface area contributed by atoms with Crippen molar-refractivity contribution in [2.45, 2.75) is 26.9 Å². The average molecular weight is 311 g/mol. The van der Waals surface area contributed by atoms with Crippen LogP contribution in [-0.4, -0.2) is 19.6 Å². The highest BCUT2D eigenvalue weighted by atomic mass is 16.5. The van der Waals surface area contributed by atoms with Gasteiger partial charge in [0.15, 0.2) is 5.96 Å². The molecule has 0 aromatic heterocycles. The van der Waals surface area contributed by atoms with Gasteiger partial charge in [-0.3, -0.25) is 0 Å². The molecular weight excluding hydrogens is 286 g/mol. The predicted octanol–water partition coefficient (Wildman–Crippen LogP) is 3.26. The largest absolute Gasteiger partial charge is 0.497 e. The summed E-state index contributed by atoms with van der Waals surface area (Å²) in [6.45, 7) is 6.36. The summed E-state index contributed by atoms with van der Waals surface area (Å²) in [5.41, 5.74) is 3.63. The first-order valence-corrected chi connectivity index (χ1v) is 7.92. The minimum absolute atomic E-state index is 0.662. The smallest absolute Gasteiger partial charge is 0.191 e. The number of aliphatic imine (C=N–C) groups is 1. The number of hydrogen-bond acceptors (Lipinski definition) is 2. The molecule has 122 valence electrons. The Morgan fingerprint density at radius 3 is 2.57 bits per heavy atom. The Balaban J connectivity index is 1.98. The molecule has 0 aliphatic carbocycles. The van der Waals surface area contributed by atoms with Crippen LogP contribution in [0.4, 0.5) is 0 Å². The number of benzene rings is 2. The van der Waals surface area contributed by atoms with Crippen LogP contribution in [-0.2, 0) is 13.1 Å². The van der Waals surface area contributed by atoms with Crippen LogP contribution in [0.15, 0.2) is 53.5 Å². The van der Waals surface area contributed by atoms with Gasteiger partial charge in [-0.2, -0.15) is 0 Å². The normalized spacial score (nSPS) is 11.2. The second-order valence-corrected chi connectivity index (χ2v) is 5.39. The number of hydrogen-bond donors (Lipinski definition) is 2. The lowest BCUT2D eigenvalue weighted by Gasteiger charge is -2.12. The number of methoxy groups -OCH3 is 1. The van der Waals surface area contributed by atoms with Crippen LogP contribution in [0.2, 0.25) is 0 Å². The second-order valence-electron chi connectivity index (χ2n) is 5.39. The molecular formula is C19H25N3O. The summed E-state index contributed by atoms with van der Waals surface area (Å²) in [6.07, 6.45) is 0. The molecule has 0 aliphatic rings. The third-order valence-corrected chi connectivity index (χ3v) is 3.44. The number of nitrogens with one attached hydrogen (secondary N) is 2. The lowest BCUT2D eigenvalue weighted by atomic mass is 10.1. The molecule has 0 heterocycles. The zero-order chi connectivity index (χ0) is 16.5. The third-order valence-electron chi connectivity index (χ3n) is 3.44. The molecule has 0 radical (unpaired) electrons. The topological polar surface area (TPSA) is 45.7 Å². The van der Waals surface area contributed by atoms with Crippen molar-refractivity contribution in [2.75, 3.05) is 13.7 Å². The highest BCUT2D eigenvalue weighted by Crippen LogP contribution is 2.12. The Kier molecular flexibility index (Phi) is 6.48. The van der Waals surface area contributed by atoms with E-state index in [1.165, 1.54) is 11.1 Å². The lowest BCUT2D eigenvalue weighted by Crippen LogP contribution is -2.36. The van der Waals surface area contributed by atoms with Crippen LogP contribution in [0.5, 0.6) is 5.75 Å². The Bertz CT molecular complexity index is 653. The fourth-order valence-corrected chi connectivity index (χ4v) is 2.29. The first kappa shape index (κ1) is 16.9. The molecule has 0 spiro atoms. The molecule has 0 amide bonds. The minimum Gasteiger partial charge on any atom is -0.497 e. The van der Waals surface area contributed by atoms with E-state index in [0.717, 1.165) is 23.8 Å². The molecule has 2 aromatic rings. The van der Waals surface area contributed by atoms with Crippen LogP contribution in [0.1, 0.15) is 23.6 Å². The van der Waals surface area contributed by atoms with Gasteiger partial charge in [0.2, 0.25) is 0 Å². The summed E-state index contributed by atoms with van der Waals surface area (Å²) in [5, 5.41) is 6.63. The van der Waals surface area contributed by atoms with Gasteiger partial charge in [0, 0.05) is 13.1 Å². The molecule has 2 N–H and O–H groups in total. The quantitative estimate of drug-likeness (QED) is 0.636. The highest BCUT2D eigenvalue weighted by molar-refractivity contribution is 5.79. The summed E-state index contributed by atoms with van der Waals surface area (Å²) in [7, 11) is 1.68. The summed E-state index contributed by atoms with van der Waals surface area (Å²) < 4.78 is 5.25. The Labute approximate surface area is 138 Å². The van der Waals surface area contributed by atoms with Crippen LogP contribution in [0.3, 0.4) is 0 Å². The van der Waals surface area contributed by atoms with E-state index in [1.54, 1.807) is 7.11 Å². The number of guanidine groups is 1. The van der Waals surface area contributed by atoms with E-state index in [0.29, 0.717) is 13.1 Å². The second kappa shape index (κ2) is 8.83. The Morgan fingerprint density at radius 1 is 1.04 bits per heavy atom. The maximum absolute atomic E-state index is 5.25. The molecule has 0 aliphatic heterocycles. The fourth-order valence-electron chi connectivity index (χ4n) is 2.29. The van der Waals surface area contributed by atoms with Gasteiger partial charge in [0.1, 0.15) is 5.75 Å². The van der Waals surface area contributed by atoms with Gasteiger partial charge < -0.3 is 15.4 Å². The van der Waals surface area contributed by atoms with Gasteiger partial charge in [-0.25, -0.2) is 4.99 Å². The van der Waals surface area contributed by atoms with E-state index in [9.17, 15) is 0 Å². The standard InChI is InChI=1S/C19H25N3O/c1-4-20-19(21-13-16-8-5-7-15(2)11-16)22-14-17-9-6-10-18(12-17)23-3/h5-12H,4,13-14H2,1-3H3,(H2,20,21,22). The third kappa shape index (κ3) is 5.66. The molecule has 0 saturated heterocycles. The van der Waals surface area contributed by atoms with Gasteiger partial charge >= 0.3 is 0 Å².